The first-order valence-corrected chi connectivity index (χ1v) is 7.99. The van der Waals surface area contributed by atoms with Gasteiger partial charge in [-0.2, -0.15) is 4.98 Å². The van der Waals surface area contributed by atoms with E-state index < -0.39 is 0 Å². The van der Waals surface area contributed by atoms with Gasteiger partial charge in [-0.25, -0.2) is 4.98 Å². The highest BCUT2D eigenvalue weighted by Gasteiger charge is 2.11. The van der Waals surface area contributed by atoms with Crippen LogP contribution in [0.3, 0.4) is 0 Å². The highest BCUT2D eigenvalue weighted by Crippen LogP contribution is 2.25. The lowest BCUT2D eigenvalue weighted by atomic mass is 10.0. The van der Waals surface area contributed by atoms with E-state index in [9.17, 15) is 4.79 Å². The predicted molar refractivity (Wildman–Crippen MR) is 100 cm³/mol. The summed E-state index contributed by atoms with van der Waals surface area (Å²) in [5.74, 6) is 0.372. The SMILES string of the molecule is Cc1ccc(-c2ccnc3nc(Nc4ccccc4)[nH]c(=O)c23)cc1. The Morgan fingerprint density at radius 2 is 1.72 bits per heavy atom. The lowest BCUT2D eigenvalue weighted by molar-refractivity contribution is 1.14. The van der Waals surface area contributed by atoms with Gasteiger partial charge in [0.25, 0.3) is 5.56 Å². The quantitative estimate of drug-likeness (QED) is 0.595. The highest BCUT2D eigenvalue weighted by molar-refractivity contribution is 5.92. The number of hydrogen-bond acceptors (Lipinski definition) is 4. The Labute approximate surface area is 144 Å². The maximum atomic E-state index is 12.7. The Morgan fingerprint density at radius 1 is 0.960 bits per heavy atom. The first-order chi connectivity index (χ1) is 12.2. The molecule has 0 spiro atoms. The molecule has 0 saturated heterocycles. The van der Waals surface area contributed by atoms with Crippen LogP contribution in [0.15, 0.2) is 71.7 Å². The molecule has 0 radical (unpaired) electrons. The second-order valence-corrected chi connectivity index (χ2v) is 5.83. The molecule has 0 saturated carbocycles. The molecule has 122 valence electrons. The van der Waals surface area contributed by atoms with Gasteiger partial charge in [0.05, 0.1) is 5.39 Å². The van der Waals surface area contributed by atoms with Crippen LogP contribution in [0.25, 0.3) is 22.2 Å². The van der Waals surface area contributed by atoms with Gasteiger partial charge in [0.2, 0.25) is 5.95 Å². The van der Waals surface area contributed by atoms with E-state index in [2.05, 4.69) is 20.3 Å². The molecule has 2 aromatic carbocycles. The standard InChI is InChI=1S/C20H16N4O/c1-13-7-9-14(10-8-13)16-11-12-21-18-17(16)19(25)24-20(23-18)22-15-5-3-2-4-6-15/h2-12H,1H3,(H2,21,22,23,24,25). The van der Waals surface area contributed by atoms with Crippen LogP contribution >= 0.6 is 0 Å². The number of aromatic amines is 1. The monoisotopic (exact) mass is 328 g/mol. The van der Waals surface area contributed by atoms with Crippen molar-refractivity contribution in [3.8, 4) is 11.1 Å². The molecule has 0 unspecified atom stereocenters. The number of aryl methyl sites for hydroxylation is 1. The molecule has 0 aliphatic heterocycles. The van der Waals surface area contributed by atoms with Crippen molar-refractivity contribution >= 4 is 22.7 Å². The summed E-state index contributed by atoms with van der Waals surface area (Å²) in [6, 6.07) is 19.4. The summed E-state index contributed by atoms with van der Waals surface area (Å²) >= 11 is 0. The van der Waals surface area contributed by atoms with E-state index in [0.29, 0.717) is 17.0 Å². The molecule has 4 aromatic rings. The molecule has 0 aliphatic carbocycles. The minimum absolute atomic E-state index is 0.216. The normalized spacial score (nSPS) is 10.8. The third-order valence-electron chi connectivity index (χ3n) is 4.01. The number of hydrogen-bond donors (Lipinski definition) is 2. The summed E-state index contributed by atoms with van der Waals surface area (Å²) in [5.41, 5.74) is 4.01. The Kier molecular flexibility index (Phi) is 3.74. The molecule has 5 nitrogen and oxygen atoms in total. The number of pyridine rings is 1. The topological polar surface area (TPSA) is 70.7 Å². The molecule has 25 heavy (non-hydrogen) atoms. The number of para-hydroxylation sites is 1. The molecule has 0 amide bonds. The molecule has 2 N–H and O–H groups in total. The zero-order valence-electron chi connectivity index (χ0n) is 13.7. The van der Waals surface area contributed by atoms with Gasteiger partial charge in [0.1, 0.15) is 0 Å². The van der Waals surface area contributed by atoms with Crippen LogP contribution < -0.4 is 10.9 Å². The highest BCUT2D eigenvalue weighted by atomic mass is 16.1. The van der Waals surface area contributed by atoms with Crippen LogP contribution in [0.5, 0.6) is 0 Å². The summed E-state index contributed by atoms with van der Waals surface area (Å²) in [4.78, 5) is 24.2. The molecule has 0 aliphatic rings. The molecule has 2 heterocycles. The number of aromatic nitrogens is 3. The van der Waals surface area contributed by atoms with E-state index in [1.807, 2.05) is 67.6 Å². The van der Waals surface area contributed by atoms with Gasteiger partial charge in [-0.05, 0) is 36.2 Å². The van der Waals surface area contributed by atoms with Crippen molar-refractivity contribution in [2.75, 3.05) is 5.32 Å². The molecular formula is C20H16N4O. The minimum Gasteiger partial charge on any atom is -0.326 e. The lowest BCUT2D eigenvalue weighted by Gasteiger charge is -2.08. The van der Waals surface area contributed by atoms with Crippen molar-refractivity contribution in [3.63, 3.8) is 0 Å². The van der Waals surface area contributed by atoms with E-state index >= 15 is 0 Å². The Morgan fingerprint density at radius 3 is 2.48 bits per heavy atom. The first-order valence-electron chi connectivity index (χ1n) is 7.99. The van der Waals surface area contributed by atoms with Gasteiger partial charge in [-0.3, -0.25) is 9.78 Å². The fourth-order valence-electron chi connectivity index (χ4n) is 2.75. The summed E-state index contributed by atoms with van der Waals surface area (Å²) < 4.78 is 0. The Bertz CT molecular complexity index is 1090. The average Bonchev–Trinajstić information content (AvgIpc) is 2.63. The molecule has 4 rings (SSSR count). The first kappa shape index (κ1) is 15.1. The third-order valence-corrected chi connectivity index (χ3v) is 4.01. The predicted octanol–water partition coefficient (Wildman–Crippen LogP) is 4.04. The maximum absolute atomic E-state index is 12.7. The smallest absolute Gasteiger partial charge is 0.262 e. The molecule has 5 heteroatoms. The van der Waals surface area contributed by atoms with Crippen molar-refractivity contribution in [3.05, 3.63) is 82.8 Å². The van der Waals surface area contributed by atoms with E-state index in [1.165, 1.54) is 5.56 Å². The molecular weight excluding hydrogens is 312 g/mol. The zero-order chi connectivity index (χ0) is 17.2. The van der Waals surface area contributed by atoms with E-state index in [4.69, 9.17) is 0 Å². The van der Waals surface area contributed by atoms with Crippen molar-refractivity contribution < 1.29 is 0 Å². The number of rotatable bonds is 3. The van der Waals surface area contributed by atoms with Crippen LogP contribution in [0.4, 0.5) is 11.6 Å². The summed E-state index contributed by atoms with van der Waals surface area (Å²) in [5, 5.41) is 3.59. The summed E-state index contributed by atoms with van der Waals surface area (Å²) in [6.45, 7) is 2.03. The van der Waals surface area contributed by atoms with Gasteiger partial charge in [-0.1, -0.05) is 48.0 Å². The molecule has 0 bridgehead atoms. The number of nitrogens with one attached hydrogen (secondary N) is 2. The Hall–Kier alpha value is -3.47. The summed E-state index contributed by atoms with van der Waals surface area (Å²) in [6.07, 6.45) is 1.68. The van der Waals surface area contributed by atoms with Crippen LogP contribution in [-0.2, 0) is 0 Å². The van der Waals surface area contributed by atoms with Crippen molar-refractivity contribution in [1.82, 2.24) is 15.0 Å². The van der Waals surface area contributed by atoms with Crippen LogP contribution in [0.2, 0.25) is 0 Å². The molecule has 2 aromatic heterocycles. The Balaban J connectivity index is 1.83. The lowest BCUT2D eigenvalue weighted by Crippen LogP contribution is -2.13. The van der Waals surface area contributed by atoms with Crippen LogP contribution in [-0.4, -0.2) is 15.0 Å². The second-order valence-electron chi connectivity index (χ2n) is 5.83. The number of benzene rings is 2. The van der Waals surface area contributed by atoms with Gasteiger partial charge in [0.15, 0.2) is 5.65 Å². The van der Waals surface area contributed by atoms with Gasteiger partial charge in [0, 0.05) is 11.9 Å². The minimum atomic E-state index is -0.216. The number of nitrogens with zero attached hydrogens (tertiary/aromatic N) is 2. The van der Waals surface area contributed by atoms with E-state index in [-0.39, 0.29) is 5.56 Å². The van der Waals surface area contributed by atoms with Crippen molar-refractivity contribution in [2.24, 2.45) is 0 Å². The zero-order valence-corrected chi connectivity index (χ0v) is 13.7. The molecule has 0 fully saturated rings. The second kappa shape index (κ2) is 6.20. The largest absolute Gasteiger partial charge is 0.326 e. The van der Waals surface area contributed by atoms with Crippen molar-refractivity contribution in [1.29, 1.82) is 0 Å². The maximum Gasteiger partial charge on any atom is 0.262 e. The number of anilines is 2. The number of H-pyrrole nitrogens is 1. The summed E-state index contributed by atoms with van der Waals surface area (Å²) in [7, 11) is 0. The van der Waals surface area contributed by atoms with Crippen LogP contribution in [0.1, 0.15) is 5.56 Å². The van der Waals surface area contributed by atoms with E-state index in [1.54, 1.807) is 6.20 Å². The van der Waals surface area contributed by atoms with E-state index in [0.717, 1.165) is 16.8 Å². The fraction of sp³-hybridized carbons (Fsp3) is 0.0500. The third kappa shape index (κ3) is 2.99. The van der Waals surface area contributed by atoms with Gasteiger partial charge >= 0.3 is 0 Å². The average molecular weight is 328 g/mol. The van der Waals surface area contributed by atoms with Gasteiger partial charge in [-0.15, -0.1) is 0 Å². The van der Waals surface area contributed by atoms with Crippen LogP contribution in [0, 0.1) is 6.92 Å². The fourth-order valence-corrected chi connectivity index (χ4v) is 2.75. The molecule has 0 atom stereocenters. The van der Waals surface area contributed by atoms with Gasteiger partial charge < -0.3 is 5.32 Å². The van der Waals surface area contributed by atoms with Crippen molar-refractivity contribution in [2.45, 2.75) is 6.92 Å². The number of fused-ring (bicyclic) bond motifs is 1.